The summed E-state index contributed by atoms with van der Waals surface area (Å²) in [6.45, 7) is 0.943. The van der Waals surface area contributed by atoms with Gasteiger partial charge in [0.25, 0.3) is 0 Å². The van der Waals surface area contributed by atoms with Gasteiger partial charge in [-0.05, 0) is 25.7 Å². The molecule has 0 aromatic heterocycles. The van der Waals surface area contributed by atoms with Crippen LogP contribution in [0.2, 0.25) is 0 Å². The summed E-state index contributed by atoms with van der Waals surface area (Å²) in [5.41, 5.74) is -1.02. The molecule has 1 aliphatic carbocycles. The number of nitrogens with one attached hydrogen (secondary N) is 1. The number of hydrogen-bond donors (Lipinski definition) is 1. The van der Waals surface area contributed by atoms with E-state index >= 15 is 0 Å². The van der Waals surface area contributed by atoms with Gasteiger partial charge in [0.2, 0.25) is 11.8 Å². The second-order valence-electron chi connectivity index (χ2n) is 6.31. The minimum Gasteiger partial charge on any atom is -0.376 e. The highest BCUT2D eigenvalue weighted by Gasteiger charge is 2.53. The molecule has 0 aromatic carbocycles. The molecule has 1 spiro atoms. The first-order chi connectivity index (χ1) is 10.1. The van der Waals surface area contributed by atoms with Crippen LogP contribution in [0.4, 0.5) is 4.79 Å². The van der Waals surface area contributed by atoms with Crippen molar-refractivity contribution < 1.29 is 19.1 Å². The topological polar surface area (TPSA) is 75.7 Å². The van der Waals surface area contributed by atoms with Gasteiger partial charge < -0.3 is 4.74 Å². The summed E-state index contributed by atoms with van der Waals surface area (Å²) in [5.74, 6) is -0.711. The van der Waals surface area contributed by atoms with E-state index in [1.54, 1.807) is 0 Å². The Labute approximate surface area is 124 Å². The predicted octanol–water partition coefficient (Wildman–Crippen LogP) is 1.58. The van der Waals surface area contributed by atoms with Crippen LogP contribution in [0.15, 0.2) is 0 Å². The summed E-state index contributed by atoms with van der Waals surface area (Å²) < 4.78 is 5.52. The molecule has 0 radical (unpaired) electrons. The fourth-order valence-corrected chi connectivity index (χ4v) is 3.66. The lowest BCUT2D eigenvalue weighted by Crippen LogP contribution is -2.64. The Balaban J connectivity index is 1.81. The largest absolute Gasteiger partial charge is 0.376 e. The molecular formula is C15H22N2O4. The molecule has 4 amide bonds. The molecule has 1 unspecified atom stereocenters. The minimum absolute atomic E-state index is 0.0873. The van der Waals surface area contributed by atoms with Crippen LogP contribution in [0.1, 0.15) is 51.4 Å². The molecule has 21 heavy (non-hydrogen) atoms. The van der Waals surface area contributed by atoms with Crippen LogP contribution < -0.4 is 5.32 Å². The average molecular weight is 294 g/mol. The molecule has 3 aliphatic rings. The zero-order chi connectivity index (χ0) is 14.9. The van der Waals surface area contributed by atoms with E-state index in [1.807, 2.05) is 0 Å². The molecule has 1 N–H and O–H groups in total. The summed E-state index contributed by atoms with van der Waals surface area (Å²) in [7, 11) is 0. The Morgan fingerprint density at radius 3 is 2.43 bits per heavy atom. The van der Waals surface area contributed by atoms with E-state index in [2.05, 4.69) is 5.32 Å². The zero-order valence-corrected chi connectivity index (χ0v) is 12.2. The summed E-state index contributed by atoms with van der Waals surface area (Å²) in [4.78, 5) is 38.4. The van der Waals surface area contributed by atoms with Crippen molar-refractivity contribution in [1.82, 2.24) is 10.2 Å². The maximum atomic E-state index is 12.9. The van der Waals surface area contributed by atoms with Gasteiger partial charge in [0.15, 0.2) is 0 Å². The van der Waals surface area contributed by atoms with Gasteiger partial charge in [0, 0.05) is 6.61 Å². The standard InChI is InChI=1S/C15H22N2O4/c18-12-15(7-3-1-2-4-8-15)13(19)17(14(20)16-12)10-11-6-5-9-21-11/h11H,1-10H2,(H,16,18,20). The second kappa shape index (κ2) is 5.75. The molecular weight excluding hydrogens is 272 g/mol. The lowest BCUT2D eigenvalue weighted by atomic mass is 9.77. The Morgan fingerprint density at radius 2 is 1.81 bits per heavy atom. The first kappa shape index (κ1) is 14.5. The van der Waals surface area contributed by atoms with Gasteiger partial charge in [-0.2, -0.15) is 0 Å². The van der Waals surface area contributed by atoms with Crippen molar-refractivity contribution in [2.45, 2.75) is 57.5 Å². The molecule has 116 valence electrons. The second-order valence-corrected chi connectivity index (χ2v) is 6.31. The van der Waals surface area contributed by atoms with E-state index in [-0.39, 0.29) is 18.6 Å². The van der Waals surface area contributed by atoms with E-state index in [4.69, 9.17) is 4.74 Å². The van der Waals surface area contributed by atoms with E-state index in [0.29, 0.717) is 19.4 Å². The minimum atomic E-state index is -1.02. The molecule has 6 nitrogen and oxygen atoms in total. The van der Waals surface area contributed by atoms with Gasteiger partial charge in [-0.3, -0.25) is 19.8 Å². The maximum Gasteiger partial charge on any atom is 0.330 e. The van der Waals surface area contributed by atoms with Crippen molar-refractivity contribution in [2.24, 2.45) is 5.41 Å². The van der Waals surface area contributed by atoms with Crippen molar-refractivity contribution in [3.8, 4) is 0 Å². The molecule has 1 saturated carbocycles. The number of ether oxygens (including phenoxy) is 1. The van der Waals surface area contributed by atoms with E-state index in [9.17, 15) is 14.4 Å². The van der Waals surface area contributed by atoms with Crippen molar-refractivity contribution >= 4 is 17.8 Å². The van der Waals surface area contributed by atoms with Crippen molar-refractivity contribution in [3.63, 3.8) is 0 Å². The van der Waals surface area contributed by atoms with Crippen LogP contribution in [0, 0.1) is 5.41 Å². The molecule has 0 aromatic rings. The monoisotopic (exact) mass is 294 g/mol. The Kier molecular flexibility index (Phi) is 3.97. The molecule has 2 saturated heterocycles. The van der Waals surface area contributed by atoms with Crippen molar-refractivity contribution in [2.75, 3.05) is 13.2 Å². The average Bonchev–Trinajstić information content (AvgIpc) is 2.84. The quantitative estimate of drug-likeness (QED) is 0.785. The van der Waals surface area contributed by atoms with E-state index < -0.39 is 17.4 Å². The number of imide groups is 2. The summed E-state index contributed by atoms with van der Waals surface area (Å²) in [5, 5.41) is 2.39. The van der Waals surface area contributed by atoms with Crippen LogP contribution >= 0.6 is 0 Å². The predicted molar refractivity (Wildman–Crippen MR) is 74.4 cm³/mol. The number of barbiturate groups is 1. The van der Waals surface area contributed by atoms with Gasteiger partial charge in [0.05, 0.1) is 12.6 Å². The number of urea groups is 1. The first-order valence-corrected chi connectivity index (χ1v) is 7.92. The van der Waals surface area contributed by atoms with Gasteiger partial charge in [-0.15, -0.1) is 0 Å². The Hall–Kier alpha value is -1.43. The normalized spacial score (nSPS) is 29.6. The SMILES string of the molecule is O=C1NC(=O)C2(CCCCCC2)C(=O)N1CC1CCCO1. The molecule has 2 heterocycles. The molecule has 0 bridgehead atoms. The van der Waals surface area contributed by atoms with Crippen LogP contribution in [-0.2, 0) is 14.3 Å². The van der Waals surface area contributed by atoms with Gasteiger partial charge >= 0.3 is 6.03 Å². The van der Waals surface area contributed by atoms with Crippen LogP contribution in [-0.4, -0.2) is 42.0 Å². The summed E-state index contributed by atoms with van der Waals surface area (Å²) >= 11 is 0. The van der Waals surface area contributed by atoms with Crippen LogP contribution in [0.5, 0.6) is 0 Å². The smallest absolute Gasteiger partial charge is 0.330 e. The molecule has 6 heteroatoms. The number of amides is 4. The van der Waals surface area contributed by atoms with E-state index in [1.165, 1.54) is 4.90 Å². The van der Waals surface area contributed by atoms with Gasteiger partial charge in [0.1, 0.15) is 5.41 Å². The van der Waals surface area contributed by atoms with Gasteiger partial charge in [-0.1, -0.05) is 25.7 Å². The highest BCUT2D eigenvalue weighted by Crippen LogP contribution is 2.39. The Bertz CT molecular complexity index is 449. The fourth-order valence-electron chi connectivity index (χ4n) is 3.66. The number of carbonyl (C=O) groups excluding carboxylic acids is 3. The summed E-state index contributed by atoms with van der Waals surface area (Å²) in [6.07, 6.45) is 6.64. The molecule has 1 atom stereocenters. The number of nitrogens with zero attached hydrogens (tertiary/aromatic N) is 1. The molecule has 2 aliphatic heterocycles. The van der Waals surface area contributed by atoms with Crippen LogP contribution in [0.3, 0.4) is 0 Å². The number of hydrogen-bond acceptors (Lipinski definition) is 4. The highest BCUT2D eigenvalue weighted by atomic mass is 16.5. The van der Waals surface area contributed by atoms with Crippen LogP contribution in [0.25, 0.3) is 0 Å². The number of carbonyl (C=O) groups is 3. The molecule has 3 fully saturated rings. The highest BCUT2D eigenvalue weighted by molar-refractivity contribution is 6.19. The lowest BCUT2D eigenvalue weighted by molar-refractivity contribution is -0.153. The third-order valence-electron chi connectivity index (χ3n) is 4.92. The summed E-state index contributed by atoms with van der Waals surface area (Å²) in [6, 6.07) is -0.588. The van der Waals surface area contributed by atoms with E-state index in [0.717, 1.165) is 38.5 Å². The molecule has 3 rings (SSSR count). The fraction of sp³-hybridized carbons (Fsp3) is 0.800. The lowest BCUT2D eigenvalue weighted by Gasteiger charge is -2.39. The third kappa shape index (κ3) is 2.57. The number of rotatable bonds is 2. The van der Waals surface area contributed by atoms with Crippen molar-refractivity contribution in [3.05, 3.63) is 0 Å². The van der Waals surface area contributed by atoms with Gasteiger partial charge in [-0.25, -0.2) is 4.79 Å². The Morgan fingerprint density at radius 1 is 1.10 bits per heavy atom. The first-order valence-electron chi connectivity index (χ1n) is 7.92. The van der Waals surface area contributed by atoms with Crippen molar-refractivity contribution in [1.29, 1.82) is 0 Å². The zero-order valence-electron chi connectivity index (χ0n) is 12.2. The maximum absolute atomic E-state index is 12.9. The third-order valence-corrected chi connectivity index (χ3v) is 4.92.